The van der Waals surface area contributed by atoms with Crippen LogP contribution in [0.5, 0.6) is 5.75 Å². The maximum atomic E-state index is 12.1. The number of alkyl halides is 3. The molecule has 104 valence electrons. The molecule has 0 spiro atoms. The van der Waals surface area contributed by atoms with Crippen LogP contribution in [-0.4, -0.2) is 26.4 Å². The number of hydrogen-bond donors (Lipinski definition) is 0. The van der Waals surface area contributed by atoms with Crippen molar-refractivity contribution in [3.8, 4) is 5.75 Å². The fourth-order valence-electron chi connectivity index (χ4n) is 0.960. The zero-order valence-corrected chi connectivity index (χ0v) is 14.6. The van der Waals surface area contributed by atoms with E-state index in [1.165, 1.54) is 12.1 Å². The first kappa shape index (κ1) is 17.6. The average molecular weight is 369 g/mol. The van der Waals surface area contributed by atoms with Crippen molar-refractivity contribution in [2.75, 3.05) is 6.61 Å². The molecular weight excluding hydrogens is 348 g/mol. The number of halogens is 3. The van der Waals surface area contributed by atoms with Crippen molar-refractivity contribution >= 4 is 19.8 Å². The van der Waals surface area contributed by atoms with Gasteiger partial charge in [-0.25, -0.2) is 0 Å². The van der Waals surface area contributed by atoms with Crippen LogP contribution in [0.4, 0.5) is 13.2 Å². The number of hydrogen-bond acceptors (Lipinski definition) is 1. The first-order valence-electron chi connectivity index (χ1n) is 6.07. The zero-order chi connectivity index (χ0) is 14.2. The van der Waals surface area contributed by atoms with Gasteiger partial charge in [0.15, 0.2) is 0 Å². The van der Waals surface area contributed by atoms with Crippen LogP contribution >= 0.6 is 0 Å². The molecule has 0 saturated heterocycles. The Morgan fingerprint density at radius 2 is 1.50 bits per heavy atom. The Morgan fingerprint density at radius 1 is 1.06 bits per heavy atom. The van der Waals surface area contributed by atoms with Gasteiger partial charge in [0, 0.05) is 0 Å². The minimum atomic E-state index is -4.27. The van der Waals surface area contributed by atoms with Gasteiger partial charge in [-0.2, -0.15) is 13.2 Å². The summed E-state index contributed by atoms with van der Waals surface area (Å²) in [6.45, 7) is 2.45. The molecule has 1 aromatic carbocycles. The fraction of sp³-hybridized carbons (Fsp3) is 0.538. The summed E-state index contributed by atoms with van der Waals surface area (Å²) in [5, 5.41) is 0. The summed E-state index contributed by atoms with van der Waals surface area (Å²) in [5.41, 5.74) is -0.652. The minimum absolute atomic E-state index is 0.472. The fourth-order valence-corrected chi connectivity index (χ4v) is 0.960. The van der Waals surface area contributed by atoms with E-state index in [4.69, 9.17) is 4.74 Å². The first-order valence-corrected chi connectivity index (χ1v) is 16.0. The third kappa shape index (κ3) is 8.66. The SMILES string of the molecule is CCCOc1ccc(C(F)(F)F)cc1.[CH3][SnH]([CH3])[CH3]. The number of benzene rings is 1. The van der Waals surface area contributed by atoms with Gasteiger partial charge >= 0.3 is 40.8 Å². The Morgan fingerprint density at radius 3 is 1.83 bits per heavy atom. The van der Waals surface area contributed by atoms with Crippen LogP contribution in [0.15, 0.2) is 24.3 Å². The summed E-state index contributed by atoms with van der Waals surface area (Å²) in [5.74, 6) is 0.472. The van der Waals surface area contributed by atoms with Gasteiger partial charge in [-0.3, -0.25) is 0 Å². The maximum absolute atomic E-state index is 12.1. The van der Waals surface area contributed by atoms with Crippen LogP contribution < -0.4 is 4.74 Å². The molecule has 0 aliphatic carbocycles. The molecule has 0 fully saturated rings. The van der Waals surface area contributed by atoms with E-state index in [1.54, 1.807) is 0 Å². The van der Waals surface area contributed by atoms with E-state index < -0.39 is 31.5 Å². The summed E-state index contributed by atoms with van der Waals surface area (Å²) in [6.07, 6.45) is -3.44. The Labute approximate surface area is 114 Å². The molecule has 0 radical (unpaired) electrons. The van der Waals surface area contributed by atoms with Crippen molar-refractivity contribution in [1.82, 2.24) is 0 Å². The molecule has 5 heteroatoms. The Kier molecular flexibility index (Phi) is 8.48. The van der Waals surface area contributed by atoms with Crippen molar-refractivity contribution in [2.45, 2.75) is 34.3 Å². The van der Waals surface area contributed by atoms with Crippen molar-refractivity contribution in [3.05, 3.63) is 29.8 Å². The average Bonchev–Trinajstić information content (AvgIpc) is 2.25. The second kappa shape index (κ2) is 8.67. The molecular formula is C13H21F3OSn. The summed E-state index contributed by atoms with van der Waals surface area (Å²) in [4.78, 5) is 7.13. The number of rotatable bonds is 3. The van der Waals surface area contributed by atoms with E-state index in [9.17, 15) is 13.2 Å². The van der Waals surface area contributed by atoms with Crippen LogP contribution in [0.3, 0.4) is 0 Å². The Bertz CT molecular complexity index is 317. The molecule has 1 nitrogen and oxygen atoms in total. The molecule has 0 heterocycles. The van der Waals surface area contributed by atoms with Crippen molar-refractivity contribution < 1.29 is 17.9 Å². The van der Waals surface area contributed by atoms with Gasteiger partial charge in [-0.15, -0.1) is 0 Å². The van der Waals surface area contributed by atoms with E-state index in [2.05, 4.69) is 14.8 Å². The second-order valence-corrected chi connectivity index (χ2v) is 14.5. The third-order valence-electron chi connectivity index (χ3n) is 1.65. The van der Waals surface area contributed by atoms with Gasteiger partial charge in [0.25, 0.3) is 0 Å². The first-order chi connectivity index (χ1) is 8.27. The van der Waals surface area contributed by atoms with E-state index in [1.807, 2.05) is 6.92 Å². The van der Waals surface area contributed by atoms with Crippen molar-refractivity contribution in [2.24, 2.45) is 0 Å². The Balaban J connectivity index is 0.000000631. The normalized spacial score (nSPS) is 10.9. The Hall–Kier alpha value is -0.391. The van der Waals surface area contributed by atoms with Gasteiger partial charge in [-0.1, -0.05) is 6.92 Å². The van der Waals surface area contributed by atoms with Gasteiger partial charge in [-0.05, 0) is 30.7 Å². The van der Waals surface area contributed by atoms with Crippen LogP contribution in [0, 0.1) is 0 Å². The molecule has 0 amide bonds. The predicted octanol–water partition coefficient (Wildman–Crippen LogP) is 4.60. The molecule has 0 aromatic heterocycles. The van der Waals surface area contributed by atoms with Crippen LogP contribution in [0.1, 0.15) is 18.9 Å². The topological polar surface area (TPSA) is 9.23 Å². The molecule has 0 aliphatic rings. The summed E-state index contributed by atoms with van der Waals surface area (Å²) in [6, 6.07) is 4.70. The number of ether oxygens (including phenoxy) is 1. The standard InChI is InChI=1S/C10H11F3O.3CH3.Sn.H/c1-2-7-14-9-5-3-8(4-6-9)10(11,12)13;;;;;/h3-6H,2,7H2,1H3;3*1H3;;. The molecule has 0 bridgehead atoms. The molecule has 0 unspecified atom stereocenters. The van der Waals surface area contributed by atoms with E-state index in [0.29, 0.717) is 12.4 Å². The van der Waals surface area contributed by atoms with Crippen molar-refractivity contribution in [1.29, 1.82) is 0 Å². The van der Waals surface area contributed by atoms with Crippen LogP contribution in [0.25, 0.3) is 0 Å². The molecule has 0 atom stereocenters. The van der Waals surface area contributed by atoms with Gasteiger partial charge in [0.05, 0.1) is 12.2 Å². The molecule has 18 heavy (non-hydrogen) atoms. The van der Waals surface area contributed by atoms with E-state index in [-0.39, 0.29) is 0 Å². The third-order valence-corrected chi connectivity index (χ3v) is 1.65. The van der Waals surface area contributed by atoms with Crippen LogP contribution in [0.2, 0.25) is 14.8 Å². The van der Waals surface area contributed by atoms with Crippen LogP contribution in [-0.2, 0) is 6.18 Å². The monoisotopic (exact) mass is 370 g/mol. The second-order valence-electron chi connectivity index (χ2n) is 4.60. The van der Waals surface area contributed by atoms with Gasteiger partial charge < -0.3 is 4.74 Å². The summed E-state index contributed by atoms with van der Waals surface area (Å²) >= 11 is -0.637. The molecule has 0 saturated carbocycles. The zero-order valence-electron chi connectivity index (χ0n) is 11.3. The van der Waals surface area contributed by atoms with Gasteiger partial charge in [0.1, 0.15) is 5.75 Å². The van der Waals surface area contributed by atoms with Crippen molar-refractivity contribution in [3.63, 3.8) is 0 Å². The summed E-state index contributed by atoms with van der Waals surface area (Å²) in [7, 11) is 0. The van der Waals surface area contributed by atoms with E-state index in [0.717, 1.165) is 18.6 Å². The molecule has 0 aliphatic heterocycles. The molecule has 1 aromatic rings. The quantitative estimate of drug-likeness (QED) is 0.708. The molecule has 1 rings (SSSR count). The summed E-state index contributed by atoms with van der Waals surface area (Å²) < 4.78 is 41.5. The predicted molar refractivity (Wildman–Crippen MR) is 72.0 cm³/mol. The molecule has 0 N–H and O–H groups in total. The van der Waals surface area contributed by atoms with Gasteiger partial charge in [0.2, 0.25) is 0 Å². The van der Waals surface area contributed by atoms with E-state index >= 15 is 0 Å².